The molecule has 0 fully saturated rings. The lowest BCUT2D eigenvalue weighted by molar-refractivity contribution is 0.539. The Labute approximate surface area is 457 Å². The van der Waals surface area contributed by atoms with Gasteiger partial charge >= 0.3 is 0 Å². The Hall–Kier alpha value is -9.04. The molecule has 0 N–H and O–H groups in total. The zero-order valence-electron chi connectivity index (χ0n) is 44.6. The van der Waals surface area contributed by atoms with Gasteiger partial charge in [-0.05, 0) is 157 Å². The largest absolute Gasteiger partial charge is 0.338 e. The molecule has 0 radical (unpaired) electrons. The fourth-order valence-corrected chi connectivity index (χ4v) is 12.2. The Morgan fingerprint density at radius 1 is 0.623 bits per heavy atom. The summed E-state index contributed by atoms with van der Waals surface area (Å²) in [5.74, 6) is 0. The molecule has 1 heteroatoms. The SMILES string of the molecule is C=C/C=c1/cc(C(/C=C\CN(c2ccc(-c3ccccc3)cc2)c2ccc(-c3cccc4c3C(C/C=C\C)(c3ccccc3C(=C)C=C)c3ccccc3C4(C3=CC=CCC3)c3ccccc3C)cc2)=C/C=C)ccc1=C. The van der Waals surface area contributed by atoms with Crippen LogP contribution in [0.2, 0.25) is 0 Å². The second kappa shape index (κ2) is 22.8. The summed E-state index contributed by atoms with van der Waals surface area (Å²) in [5.41, 5.74) is 20.3. The van der Waals surface area contributed by atoms with E-state index >= 15 is 0 Å². The number of rotatable bonds is 17. The summed E-state index contributed by atoms with van der Waals surface area (Å²) in [6.07, 6.45) is 28.3. The Morgan fingerprint density at radius 3 is 1.95 bits per heavy atom. The van der Waals surface area contributed by atoms with E-state index in [0.717, 1.165) is 68.9 Å². The number of hydrogen-bond donors (Lipinski definition) is 0. The first kappa shape index (κ1) is 51.4. The van der Waals surface area contributed by atoms with Gasteiger partial charge in [0.05, 0.1) is 10.8 Å². The van der Waals surface area contributed by atoms with E-state index in [1.54, 1.807) is 0 Å². The molecular formula is C76H67N. The third-order valence-corrected chi connectivity index (χ3v) is 15.8. The van der Waals surface area contributed by atoms with Crippen LogP contribution in [0.3, 0.4) is 0 Å². The highest BCUT2D eigenvalue weighted by Gasteiger charge is 2.55. The van der Waals surface area contributed by atoms with Crippen molar-refractivity contribution in [1.82, 2.24) is 0 Å². The molecule has 0 aromatic heterocycles. The van der Waals surface area contributed by atoms with E-state index in [9.17, 15) is 0 Å². The van der Waals surface area contributed by atoms with Gasteiger partial charge in [0.25, 0.3) is 0 Å². The Morgan fingerprint density at radius 2 is 1.27 bits per heavy atom. The maximum absolute atomic E-state index is 4.63. The number of benzene rings is 8. The third-order valence-electron chi connectivity index (χ3n) is 15.8. The van der Waals surface area contributed by atoms with Crippen molar-refractivity contribution in [3.63, 3.8) is 0 Å². The van der Waals surface area contributed by atoms with Crippen LogP contribution in [0, 0.1) is 6.92 Å². The molecule has 0 aliphatic heterocycles. The molecule has 10 rings (SSSR count). The second-order valence-corrected chi connectivity index (χ2v) is 20.1. The van der Waals surface area contributed by atoms with E-state index in [2.05, 4.69) is 288 Å². The maximum atomic E-state index is 4.63. The summed E-state index contributed by atoms with van der Waals surface area (Å²) in [7, 11) is 0. The van der Waals surface area contributed by atoms with Crippen LogP contribution in [-0.4, -0.2) is 6.54 Å². The highest BCUT2D eigenvalue weighted by molar-refractivity contribution is 5.86. The normalized spacial score (nSPS) is 17.1. The first-order chi connectivity index (χ1) is 37.8. The minimum atomic E-state index is -0.639. The number of allylic oxidation sites excluding steroid dienone is 13. The number of anilines is 2. The van der Waals surface area contributed by atoms with Gasteiger partial charge in [-0.15, -0.1) is 0 Å². The summed E-state index contributed by atoms with van der Waals surface area (Å²) in [6.45, 7) is 26.2. The van der Waals surface area contributed by atoms with Crippen molar-refractivity contribution in [2.75, 3.05) is 11.4 Å². The molecule has 8 aromatic rings. The molecule has 0 saturated heterocycles. The van der Waals surface area contributed by atoms with Gasteiger partial charge in [-0.2, -0.15) is 0 Å². The molecular weight excluding hydrogens is 927 g/mol. The monoisotopic (exact) mass is 994 g/mol. The lowest BCUT2D eigenvalue weighted by Gasteiger charge is -2.53. The van der Waals surface area contributed by atoms with E-state index in [0.29, 0.717) is 6.54 Å². The molecule has 376 valence electrons. The van der Waals surface area contributed by atoms with Gasteiger partial charge in [0, 0.05) is 17.9 Å². The zero-order valence-corrected chi connectivity index (χ0v) is 44.6. The van der Waals surface area contributed by atoms with Crippen LogP contribution in [0.4, 0.5) is 11.4 Å². The van der Waals surface area contributed by atoms with Crippen molar-refractivity contribution in [2.24, 2.45) is 0 Å². The van der Waals surface area contributed by atoms with Crippen molar-refractivity contribution < 1.29 is 0 Å². The lowest BCUT2D eigenvalue weighted by Crippen LogP contribution is -2.46. The highest BCUT2D eigenvalue weighted by Crippen LogP contribution is 2.63. The number of fused-ring (bicyclic) bond motifs is 2. The van der Waals surface area contributed by atoms with Gasteiger partial charge in [0.1, 0.15) is 0 Å². The Kier molecular flexibility index (Phi) is 15.3. The summed E-state index contributed by atoms with van der Waals surface area (Å²) in [4.78, 5) is 2.40. The third kappa shape index (κ3) is 9.56. The molecule has 0 heterocycles. The lowest BCUT2D eigenvalue weighted by atomic mass is 9.49. The molecule has 8 aromatic carbocycles. The molecule has 0 bridgehead atoms. The molecule has 2 aliphatic rings. The van der Waals surface area contributed by atoms with Crippen LogP contribution in [0.15, 0.2) is 287 Å². The molecule has 0 spiro atoms. The van der Waals surface area contributed by atoms with E-state index in [1.807, 2.05) is 24.3 Å². The predicted molar refractivity (Wildman–Crippen MR) is 333 cm³/mol. The molecule has 2 aliphatic carbocycles. The molecule has 1 nitrogen and oxygen atoms in total. The van der Waals surface area contributed by atoms with Crippen LogP contribution in [0.5, 0.6) is 0 Å². The molecule has 77 heavy (non-hydrogen) atoms. The van der Waals surface area contributed by atoms with Crippen molar-refractivity contribution in [3.05, 3.63) is 347 Å². The topological polar surface area (TPSA) is 3.24 Å². The quantitative estimate of drug-likeness (QED) is 0.0649. The van der Waals surface area contributed by atoms with Gasteiger partial charge in [-0.3, -0.25) is 0 Å². The minimum absolute atomic E-state index is 0.587. The van der Waals surface area contributed by atoms with Gasteiger partial charge in [-0.1, -0.05) is 269 Å². The number of nitrogens with zero attached hydrogens (tertiary/aromatic N) is 1. The van der Waals surface area contributed by atoms with Crippen molar-refractivity contribution in [3.8, 4) is 22.3 Å². The van der Waals surface area contributed by atoms with Gasteiger partial charge < -0.3 is 4.90 Å². The summed E-state index contributed by atoms with van der Waals surface area (Å²) in [5, 5.41) is 2.00. The van der Waals surface area contributed by atoms with Crippen LogP contribution in [0.25, 0.3) is 46.1 Å². The first-order valence-electron chi connectivity index (χ1n) is 26.9. The fourth-order valence-electron chi connectivity index (χ4n) is 12.2. The second-order valence-electron chi connectivity index (χ2n) is 20.1. The maximum Gasteiger partial charge on any atom is 0.0673 e. The van der Waals surface area contributed by atoms with Crippen LogP contribution >= 0.6 is 0 Å². The predicted octanol–water partition coefficient (Wildman–Crippen LogP) is 18.1. The van der Waals surface area contributed by atoms with E-state index in [1.165, 1.54) is 61.2 Å². The van der Waals surface area contributed by atoms with E-state index in [4.69, 9.17) is 0 Å². The Bertz CT molecular complexity index is 3800. The van der Waals surface area contributed by atoms with Crippen LogP contribution in [-0.2, 0) is 10.8 Å². The average molecular weight is 994 g/mol. The summed E-state index contributed by atoms with van der Waals surface area (Å²) >= 11 is 0. The smallest absolute Gasteiger partial charge is 0.0673 e. The molecule has 0 saturated carbocycles. The fraction of sp³-hybridized carbons (Fsp3) is 0.105. The summed E-state index contributed by atoms with van der Waals surface area (Å²) in [6, 6.07) is 69.6. The van der Waals surface area contributed by atoms with Crippen LogP contribution < -0.4 is 15.3 Å². The van der Waals surface area contributed by atoms with Gasteiger partial charge in [0.15, 0.2) is 0 Å². The van der Waals surface area contributed by atoms with Crippen molar-refractivity contribution >= 4 is 35.2 Å². The first-order valence-corrected chi connectivity index (χ1v) is 26.9. The van der Waals surface area contributed by atoms with E-state index in [-0.39, 0.29) is 0 Å². The van der Waals surface area contributed by atoms with Crippen molar-refractivity contribution in [1.29, 1.82) is 0 Å². The minimum Gasteiger partial charge on any atom is -0.338 e. The standard InChI is InChI=1S/C76H67N/c1-8-12-52-75(70-38-22-20-35-67(70)55(5)11-4)71-39-23-24-40-72(71)76(64-33-17-14-18-34-64,69-37-21-19-29-57(69)7)73-41-25-36-68(74(73)75)61-46-50-66(51-47-61)77(65-48-44-60(45-49-65)59-30-15-13-16-31-59)53-26-32-58(27-9-2)63-43-42-56(6)62(54-63)28-10-3/h8-17,19-33,35-51,54H,2-6,18,34,52-53H2,1,7H3/b12-8-,32-26-,58-27+,62-28-. The van der Waals surface area contributed by atoms with Gasteiger partial charge in [-0.25, -0.2) is 0 Å². The molecule has 2 atom stereocenters. The molecule has 2 unspecified atom stereocenters. The average Bonchev–Trinajstić information content (AvgIpc) is 3.67. The van der Waals surface area contributed by atoms with E-state index < -0.39 is 10.8 Å². The molecule has 0 amide bonds. The highest BCUT2D eigenvalue weighted by atomic mass is 15.1. The van der Waals surface area contributed by atoms with Crippen LogP contribution in [0.1, 0.15) is 76.3 Å². The zero-order chi connectivity index (χ0) is 53.4. The summed E-state index contributed by atoms with van der Waals surface area (Å²) < 4.78 is 0. The van der Waals surface area contributed by atoms with Crippen molar-refractivity contribution in [2.45, 2.75) is 43.9 Å². The Balaban J connectivity index is 1.20. The van der Waals surface area contributed by atoms with Gasteiger partial charge in [0.2, 0.25) is 0 Å². The number of aryl methyl sites for hydroxylation is 1. The number of hydrogen-bond acceptors (Lipinski definition) is 1.